The summed E-state index contributed by atoms with van der Waals surface area (Å²) in [6, 6.07) is 0. The second kappa shape index (κ2) is 24.2. The molecule has 7 heteroatoms. The second-order valence-corrected chi connectivity index (χ2v) is 9.67. The lowest BCUT2D eigenvalue weighted by molar-refractivity contribution is 0.264. The van der Waals surface area contributed by atoms with Crippen LogP contribution in [0.3, 0.4) is 0 Å². The van der Waals surface area contributed by atoms with Gasteiger partial charge in [-0.25, -0.2) is 4.57 Å². The minimum Gasteiger partial charge on any atom is -0.396 e. The Kier molecular flexibility index (Phi) is 26.0. The van der Waals surface area contributed by atoms with Gasteiger partial charge in [-0.05, 0) is 18.2 Å². The molecule has 0 amide bonds. The summed E-state index contributed by atoms with van der Waals surface area (Å²) in [6.07, 6.45) is 21.7. The summed E-state index contributed by atoms with van der Waals surface area (Å²) < 4.78 is 8.88. The Morgan fingerprint density at radius 1 is 0.862 bits per heavy atom. The van der Waals surface area contributed by atoms with Crippen LogP contribution in [0.5, 0.6) is 0 Å². The molecule has 0 radical (unpaired) electrons. The number of rotatable bonds is 19. The van der Waals surface area contributed by atoms with Crippen LogP contribution >= 0.6 is 19.6 Å². The fourth-order valence-electron chi connectivity index (χ4n) is 2.95. The minimum atomic E-state index is -4.64. The smallest absolute Gasteiger partial charge is 0.396 e. The van der Waals surface area contributed by atoms with E-state index in [1.807, 2.05) is 17.8 Å². The molecule has 5 nitrogen and oxygen atoms in total. The van der Waals surface area contributed by atoms with Crippen molar-refractivity contribution in [3.05, 3.63) is 18.4 Å². The highest BCUT2D eigenvalue weighted by Gasteiger charge is 2.02. The van der Waals surface area contributed by atoms with Gasteiger partial charge in [-0.15, -0.1) is 5.73 Å². The zero-order chi connectivity index (χ0) is 22.2. The van der Waals surface area contributed by atoms with Crippen LogP contribution in [-0.4, -0.2) is 37.9 Å². The third kappa shape index (κ3) is 35.7. The van der Waals surface area contributed by atoms with Crippen molar-refractivity contribution in [1.82, 2.24) is 0 Å². The summed E-state index contributed by atoms with van der Waals surface area (Å²) in [5.41, 5.74) is 2.77. The number of unbranched alkanes of at least 4 members (excludes halogenated alkanes) is 13. The topological polar surface area (TPSA) is 98.0 Å². The molecule has 0 aliphatic rings. The number of aliphatic hydroxyl groups excluding tert-OH is 1. The van der Waals surface area contributed by atoms with Crippen molar-refractivity contribution in [1.29, 1.82) is 0 Å². The molecule has 0 saturated heterocycles. The van der Waals surface area contributed by atoms with Crippen molar-refractivity contribution < 1.29 is 24.4 Å². The zero-order valence-corrected chi connectivity index (χ0v) is 20.1. The van der Waals surface area contributed by atoms with Crippen LogP contribution in [0.2, 0.25) is 0 Å². The minimum absolute atomic E-state index is 0.217. The number of hydrogen-bond acceptors (Lipinski definition) is 3. The number of thioether (sulfide) groups is 1. The van der Waals surface area contributed by atoms with Gasteiger partial charge in [-0.3, -0.25) is 0 Å². The Morgan fingerprint density at radius 3 is 1.59 bits per heavy atom. The molecule has 29 heavy (non-hydrogen) atoms. The lowest BCUT2D eigenvalue weighted by Gasteiger charge is -2.07. The normalized spacial score (nSPS) is 12.0. The van der Waals surface area contributed by atoms with E-state index in [2.05, 4.69) is 19.2 Å². The van der Waals surface area contributed by atoms with E-state index < -0.39 is 7.82 Å². The lowest BCUT2D eigenvalue weighted by atomic mass is 10.0. The van der Waals surface area contributed by atoms with Gasteiger partial charge in [0.2, 0.25) is 0 Å². The van der Waals surface area contributed by atoms with Gasteiger partial charge < -0.3 is 19.8 Å². The van der Waals surface area contributed by atoms with E-state index in [1.54, 1.807) is 0 Å². The van der Waals surface area contributed by atoms with Crippen molar-refractivity contribution in [2.75, 3.05) is 18.1 Å². The van der Waals surface area contributed by atoms with Crippen molar-refractivity contribution in [2.45, 2.75) is 96.8 Å². The Bertz CT molecular complexity index is 413. The molecule has 0 saturated carbocycles. The highest BCUT2D eigenvalue weighted by molar-refractivity contribution is 7.99. The summed E-state index contributed by atoms with van der Waals surface area (Å²) in [6.45, 7) is 6.07. The Hall–Kier alpha value is -0.0600. The van der Waals surface area contributed by atoms with Gasteiger partial charge in [-0.2, -0.15) is 11.8 Å². The van der Waals surface area contributed by atoms with E-state index >= 15 is 0 Å². The maximum Gasteiger partial charge on any atom is 0.466 e. The first-order chi connectivity index (χ1) is 13.8. The molecule has 0 bridgehead atoms. The van der Waals surface area contributed by atoms with Crippen LogP contribution in [0.15, 0.2) is 18.4 Å². The summed E-state index contributed by atoms with van der Waals surface area (Å²) in [5.74, 6) is 2.45. The standard InChI is InChI=1S/C22H42OS.H3O4P/c1-3-5-6-7-8-9-10-11-12-13-14-15-16-17-19-24-21-22(20-23)18-4-2;1-5(2,3)4/h18,22-23H,2-3,5-17,19-21H2,1H3;(H3,1,2,3,4). The quantitative estimate of drug-likeness (QED) is 0.105. The fraction of sp³-hybridized carbons (Fsp3) is 0.864. The van der Waals surface area contributed by atoms with Gasteiger partial charge in [0.25, 0.3) is 0 Å². The molecular weight excluding hydrogens is 407 g/mol. The number of aliphatic hydroxyl groups is 1. The molecule has 0 spiro atoms. The molecule has 4 N–H and O–H groups in total. The lowest BCUT2D eigenvalue weighted by Crippen LogP contribution is -2.05. The third-order valence-electron chi connectivity index (χ3n) is 4.56. The number of phosphoric acid groups is 1. The Labute approximate surface area is 183 Å². The molecule has 0 aromatic carbocycles. The Balaban J connectivity index is 0. The van der Waals surface area contributed by atoms with E-state index in [1.165, 1.54) is 95.6 Å². The SMILES string of the molecule is C=C=CC(CO)CSCCCCCCCCCCCCCCCC.O=P(O)(O)O. The molecule has 0 aliphatic heterocycles. The third-order valence-corrected chi connectivity index (χ3v) is 5.80. The van der Waals surface area contributed by atoms with E-state index in [0.717, 1.165) is 5.75 Å². The summed E-state index contributed by atoms with van der Waals surface area (Å²) in [5, 5.41) is 9.17. The molecule has 0 fully saturated rings. The monoisotopic (exact) mass is 452 g/mol. The van der Waals surface area contributed by atoms with Crippen molar-refractivity contribution in [3.63, 3.8) is 0 Å². The van der Waals surface area contributed by atoms with E-state index in [9.17, 15) is 5.11 Å². The predicted octanol–water partition coefficient (Wildman–Crippen LogP) is 6.22. The maximum absolute atomic E-state index is 9.17. The summed E-state index contributed by atoms with van der Waals surface area (Å²) in [4.78, 5) is 21.6. The molecule has 1 unspecified atom stereocenters. The van der Waals surface area contributed by atoms with Crippen LogP contribution in [0.25, 0.3) is 0 Å². The Morgan fingerprint density at radius 2 is 1.24 bits per heavy atom. The fourth-order valence-corrected chi connectivity index (χ4v) is 4.03. The van der Waals surface area contributed by atoms with Crippen molar-refractivity contribution >= 4 is 19.6 Å². The highest BCUT2D eigenvalue weighted by atomic mass is 32.2. The zero-order valence-electron chi connectivity index (χ0n) is 18.4. The van der Waals surface area contributed by atoms with Crippen molar-refractivity contribution in [3.8, 4) is 0 Å². The average Bonchev–Trinajstić information content (AvgIpc) is 2.65. The first-order valence-electron chi connectivity index (χ1n) is 11.2. The van der Waals surface area contributed by atoms with Crippen LogP contribution < -0.4 is 0 Å². The van der Waals surface area contributed by atoms with Gasteiger partial charge in [-0.1, -0.05) is 97.0 Å². The maximum atomic E-state index is 9.17. The van der Waals surface area contributed by atoms with E-state index in [-0.39, 0.29) is 12.5 Å². The molecule has 0 heterocycles. The molecule has 0 rings (SSSR count). The number of hydrogen-bond donors (Lipinski definition) is 4. The first-order valence-corrected chi connectivity index (χ1v) is 13.9. The van der Waals surface area contributed by atoms with E-state index in [0.29, 0.717) is 0 Å². The van der Waals surface area contributed by atoms with Crippen LogP contribution in [-0.2, 0) is 4.57 Å². The average molecular weight is 453 g/mol. The molecule has 0 aromatic rings. The van der Waals surface area contributed by atoms with Crippen LogP contribution in [0.4, 0.5) is 0 Å². The second-order valence-electron chi connectivity index (χ2n) is 7.50. The van der Waals surface area contributed by atoms with Crippen LogP contribution in [0, 0.1) is 5.92 Å². The van der Waals surface area contributed by atoms with Gasteiger partial charge in [0.15, 0.2) is 0 Å². The molecule has 174 valence electrons. The highest BCUT2D eigenvalue weighted by Crippen LogP contribution is 2.25. The summed E-state index contributed by atoms with van der Waals surface area (Å²) in [7, 11) is -4.64. The molecule has 1 atom stereocenters. The molecule has 0 aromatic heterocycles. The predicted molar refractivity (Wildman–Crippen MR) is 126 cm³/mol. The van der Waals surface area contributed by atoms with Crippen LogP contribution in [0.1, 0.15) is 96.8 Å². The van der Waals surface area contributed by atoms with Crippen molar-refractivity contribution in [2.24, 2.45) is 5.92 Å². The van der Waals surface area contributed by atoms with Gasteiger partial charge in [0.05, 0.1) is 6.61 Å². The van der Waals surface area contributed by atoms with Gasteiger partial charge in [0, 0.05) is 11.7 Å². The largest absolute Gasteiger partial charge is 0.466 e. The van der Waals surface area contributed by atoms with Gasteiger partial charge >= 0.3 is 7.82 Å². The first kappa shape index (κ1) is 31.1. The van der Waals surface area contributed by atoms with Gasteiger partial charge in [0.1, 0.15) is 0 Å². The summed E-state index contributed by atoms with van der Waals surface area (Å²) >= 11 is 1.95. The molecule has 0 aliphatic carbocycles. The van der Waals surface area contributed by atoms with E-state index in [4.69, 9.17) is 19.2 Å². The molecular formula is C22H45O5PS.